The van der Waals surface area contributed by atoms with Gasteiger partial charge in [0.15, 0.2) is 0 Å². The average Bonchev–Trinajstić information content (AvgIpc) is 2.70. The Hall–Kier alpha value is -1.10. The van der Waals surface area contributed by atoms with Gasteiger partial charge in [-0.25, -0.2) is 21.9 Å². The molecule has 0 spiro atoms. The second-order valence-corrected chi connectivity index (χ2v) is 5.40. The number of nitrogens with one attached hydrogen (secondary N) is 2. The van der Waals surface area contributed by atoms with Gasteiger partial charge in [0.1, 0.15) is 11.5 Å². The van der Waals surface area contributed by atoms with Crippen LogP contribution in [0.4, 0.5) is 8.78 Å². The molecule has 0 atom stereocenters. The van der Waals surface area contributed by atoms with Crippen LogP contribution in [-0.4, -0.2) is 44.8 Å². The molecule has 0 saturated heterocycles. The minimum Gasteiger partial charge on any atom is -0.374 e. The van der Waals surface area contributed by atoms with Crippen LogP contribution >= 0.6 is 0 Å². The van der Waals surface area contributed by atoms with Gasteiger partial charge in [-0.1, -0.05) is 0 Å². The predicted molar refractivity (Wildman–Crippen MR) is 63.2 cm³/mol. The number of hydrogen-bond acceptors (Lipinski definition) is 5. The van der Waals surface area contributed by atoms with Gasteiger partial charge >= 0.3 is 0 Å². The number of nitrogens with two attached hydrogens (primary N) is 1. The first-order chi connectivity index (χ1) is 8.88. The van der Waals surface area contributed by atoms with Crippen LogP contribution < -0.4 is 10.5 Å². The van der Waals surface area contributed by atoms with Gasteiger partial charge in [0.25, 0.3) is 6.43 Å². The SMILES string of the molecule is Cc1[nH]nc(CN)c1S(=O)(=O)NCCOCC(F)F. The Morgan fingerprint density at radius 3 is 2.79 bits per heavy atom. The fourth-order valence-corrected chi connectivity index (χ4v) is 2.84. The van der Waals surface area contributed by atoms with Crippen LogP contribution in [0.2, 0.25) is 0 Å². The summed E-state index contributed by atoms with van der Waals surface area (Å²) in [4.78, 5) is -0.0103. The van der Waals surface area contributed by atoms with Crippen LogP contribution in [0.1, 0.15) is 11.4 Å². The zero-order valence-corrected chi connectivity index (χ0v) is 11.1. The van der Waals surface area contributed by atoms with Crippen LogP contribution in [0.15, 0.2) is 4.90 Å². The van der Waals surface area contributed by atoms with Gasteiger partial charge in [0, 0.05) is 13.1 Å². The summed E-state index contributed by atoms with van der Waals surface area (Å²) in [5.41, 5.74) is 5.97. The number of aryl methyl sites for hydroxylation is 1. The first kappa shape index (κ1) is 16.0. The molecule has 10 heteroatoms. The third-order valence-electron chi connectivity index (χ3n) is 2.21. The van der Waals surface area contributed by atoms with Gasteiger partial charge in [-0.3, -0.25) is 5.10 Å². The molecule has 19 heavy (non-hydrogen) atoms. The third-order valence-corrected chi connectivity index (χ3v) is 3.87. The Labute approximate surface area is 109 Å². The molecule has 0 aromatic carbocycles. The zero-order valence-electron chi connectivity index (χ0n) is 10.3. The number of H-pyrrole nitrogens is 1. The lowest BCUT2D eigenvalue weighted by atomic mass is 10.4. The van der Waals surface area contributed by atoms with E-state index in [9.17, 15) is 17.2 Å². The van der Waals surface area contributed by atoms with Crippen molar-refractivity contribution in [2.75, 3.05) is 19.8 Å². The van der Waals surface area contributed by atoms with E-state index in [-0.39, 0.29) is 30.3 Å². The highest BCUT2D eigenvalue weighted by molar-refractivity contribution is 7.89. The van der Waals surface area contributed by atoms with Crippen molar-refractivity contribution in [2.45, 2.75) is 24.8 Å². The number of rotatable bonds is 8. The molecule has 7 nitrogen and oxygen atoms in total. The normalized spacial score (nSPS) is 12.3. The van der Waals surface area contributed by atoms with Gasteiger partial charge < -0.3 is 10.5 Å². The number of aromatic amines is 1. The molecule has 0 saturated carbocycles. The molecule has 0 radical (unpaired) electrons. The van der Waals surface area contributed by atoms with E-state index in [0.29, 0.717) is 5.69 Å². The van der Waals surface area contributed by atoms with E-state index in [1.54, 1.807) is 6.92 Å². The number of halogens is 2. The minimum absolute atomic E-state index is 0.0103. The van der Waals surface area contributed by atoms with Gasteiger partial charge in [-0.15, -0.1) is 0 Å². The standard InChI is InChI=1S/C9H16F2N4O3S/c1-6-9(7(4-12)15-14-6)19(16,17)13-2-3-18-5-8(10)11/h8,13H,2-5,12H2,1H3,(H,14,15). The van der Waals surface area contributed by atoms with Crippen molar-refractivity contribution in [2.24, 2.45) is 5.73 Å². The number of ether oxygens (including phenoxy) is 1. The van der Waals surface area contributed by atoms with Crippen molar-refractivity contribution >= 4 is 10.0 Å². The lowest BCUT2D eigenvalue weighted by Gasteiger charge is -2.08. The summed E-state index contributed by atoms with van der Waals surface area (Å²) in [7, 11) is -3.78. The summed E-state index contributed by atoms with van der Waals surface area (Å²) in [6.07, 6.45) is -2.57. The third kappa shape index (κ3) is 4.49. The maximum Gasteiger partial charge on any atom is 0.261 e. The van der Waals surface area contributed by atoms with Gasteiger partial charge in [-0.2, -0.15) is 5.10 Å². The molecule has 110 valence electrons. The summed E-state index contributed by atoms with van der Waals surface area (Å²) in [5.74, 6) is 0. The summed E-state index contributed by atoms with van der Waals surface area (Å²) in [6.45, 7) is 0.555. The lowest BCUT2D eigenvalue weighted by molar-refractivity contribution is 0.0199. The first-order valence-electron chi connectivity index (χ1n) is 5.48. The molecular weight excluding hydrogens is 282 g/mol. The minimum atomic E-state index is -3.78. The topological polar surface area (TPSA) is 110 Å². The zero-order chi connectivity index (χ0) is 14.5. The fourth-order valence-electron chi connectivity index (χ4n) is 1.46. The van der Waals surface area contributed by atoms with Gasteiger partial charge in [0.2, 0.25) is 10.0 Å². The van der Waals surface area contributed by atoms with Crippen LogP contribution in [0.25, 0.3) is 0 Å². The van der Waals surface area contributed by atoms with Crippen LogP contribution in [0.3, 0.4) is 0 Å². The molecule has 1 aromatic heterocycles. The van der Waals surface area contributed by atoms with E-state index in [1.165, 1.54) is 0 Å². The molecule has 0 fully saturated rings. The van der Waals surface area contributed by atoms with Crippen LogP contribution in [-0.2, 0) is 21.3 Å². The van der Waals surface area contributed by atoms with Crippen LogP contribution in [0.5, 0.6) is 0 Å². The highest BCUT2D eigenvalue weighted by Crippen LogP contribution is 2.16. The van der Waals surface area contributed by atoms with E-state index in [4.69, 9.17) is 5.73 Å². The molecule has 0 unspecified atom stereocenters. The number of alkyl halides is 2. The van der Waals surface area contributed by atoms with Crippen molar-refractivity contribution in [3.8, 4) is 0 Å². The largest absolute Gasteiger partial charge is 0.374 e. The molecule has 0 amide bonds. The van der Waals surface area contributed by atoms with Gasteiger partial charge in [-0.05, 0) is 6.92 Å². The maximum atomic E-state index is 12.0. The molecule has 0 bridgehead atoms. The quantitative estimate of drug-likeness (QED) is 0.573. The number of hydrogen-bond donors (Lipinski definition) is 3. The Morgan fingerprint density at radius 2 is 2.21 bits per heavy atom. The Morgan fingerprint density at radius 1 is 1.53 bits per heavy atom. The van der Waals surface area contributed by atoms with Crippen molar-refractivity contribution in [3.63, 3.8) is 0 Å². The van der Waals surface area contributed by atoms with Crippen molar-refractivity contribution in [1.82, 2.24) is 14.9 Å². The van der Waals surface area contributed by atoms with E-state index in [1.807, 2.05) is 0 Å². The van der Waals surface area contributed by atoms with E-state index >= 15 is 0 Å². The van der Waals surface area contributed by atoms with E-state index < -0.39 is 23.1 Å². The molecule has 0 aliphatic heterocycles. The lowest BCUT2D eigenvalue weighted by Crippen LogP contribution is -2.29. The van der Waals surface area contributed by atoms with Crippen LogP contribution in [0, 0.1) is 6.92 Å². The Balaban J connectivity index is 2.59. The number of aromatic nitrogens is 2. The maximum absolute atomic E-state index is 12.0. The van der Waals surface area contributed by atoms with Crippen molar-refractivity contribution < 1.29 is 21.9 Å². The number of nitrogens with zero attached hydrogens (tertiary/aromatic N) is 1. The van der Waals surface area contributed by atoms with E-state index in [2.05, 4.69) is 19.7 Å². The smallest absolute Gasteiger partial charge is 0.261 e. The van der Waals surface area contributed by atoms with E-state index in [0.717, 1.165) is 0 Å². The molecule has 1 heterocycles. The Bertz CT molecular complexity index is 504. The summed E-state index contributed by atoms with van der Waals surface area (Å²) >= 11 is 0. The second kappa shape index (κ2) is 6.89. The molecule has 0 aliphatic carbocycles. The Kier molecular flexibility index (Phi) is 5.79. The molecular formula is C9H16F2N4O3S. The second-order valence-electron chi connectivity index (χ2n) is 3.69. The molecule has 1 aromatic rings. The monoisotopic (exact) mass is 298 g/mol. The highest BCUT2D eigenvalue weighted by Gasteiger charge is 2.23. The fraction of sp³-hybridized carbons (Fsp3) is 0.667. The van der Waals surface area contributed by atoms with Crippen molar-refractivity contribution in [1.29, 1.82) is 0 Å². The molecule has 0 aliphatic rings. The molecule has 1 rings (SSSR count). The summed E-state index contributed by atoms with van der Waals surface area (Å²) in [6, 6.07) is 0. The molecule has 4 N–H and O–H groups in total. The van der Waals surface area contributed by atoms with Gasteiger partial charge in [0.05, 0.1) is 18.0 Å². The first-order valence-corrected chi connectivity index (χ1v) is 6.96. The highest BCUT2D eigenvalue weighted by atomic mass is 32.2. The predicted octanol–water partition coefficient (Wildman–Crippen LogP) is -0.263. The summed E-state index contributed by atoms with van der Waals surface area (Å²) < 4.78 is 54.3. The van der Waals surface area contributed by atoms with Crippen molar-refractivity contribution in [3.05, 3.63) is 11.4 Å². The average molecular weight is 298 g/mol. The number of sulfonamides is 1. The summed E-state index contributed by atoms with van der Waals surface area (Å²) in [5, 5.41) is 6.30.